The molecule has 53 heavy (non-hydrogen) atoms. The third-order valence-electron chi connectivity index (χ3n) is 10.7. The number of ether oxygens (including phenoxy) is 2. The van der Waals surface area contributed by atoms with Gasteiger partial charge in [-0.05, 0) is 79.6 Å². The summed E-state index contributed by atoms with van der Waals surface area (Å²) in [5.74, 6) is 1.30. The molecule has 0 saturated carbocycles. The van der Waals surface area contributed by atoms with Crippen molar-refractivity contribution >= 4 is 29.2 Å². The fourth-order valence-corrected chi connectivity index (χ4v) is 7.96. The second kappa shape index (κ2) is 16.2. The second-order valence-corrected chi connectivity index (χ2v) is 14.6. The van der Waals surface area contributed by atoms with E-state index < -0.39 is 0 Å². The first-order valence-corrected chi connectivity index (χ1v) is 18.8. The van der Waals surface area contributed by atoms with E-state index in [0.29, 0.717) is 56.0 Å². The summed E-state index contributed by atoms with van der Waals surface area (Å²) in [6.45, 7) is 9.70. The van der Waals surface area contributed by atoms with Gasteiger partial charge in [-0.15, -0.1) is 11.3 Å². The highest BCUT2D eigenvalue weighted by Crippen LogP contribution is 2.37. The summed E-state index contributed by atoms with van der Waals surface area (Å²) in [5, 5.41) is 12.1. The SMILES string of the molecule is COc1cc(-c2cn(C)c(=O)c(C)c2C)cc(OC)c1CN1CCN(C(=O)CCc2ccc3c(c2)CCN(C(=O)/C(C#N)=C/c2nccs2)C3C)CC1. The summed E-state index contributed by atoms with van der Waals surface area (Å²) in [5.41, 5.74) is 7.90. The van der Waals surface area contributed by atoms with Crippen LogP contribution in [0.2, 0.25) is 0 Å². The van der Waals surface area contributed by atoms with E-state index in [9.17, 15) is 19.6 Å². The third kappa shape index (κ3) is 7.92. The average Bonchev–Trinajstić information content (AvgIpc) is 3.70. The van der Waals surface area contributed by atoms with E-state index in [1.54, 1.807) is 43.0 Å². The number of thiazole rings is 1. The number of amides is 2. The lowest BCUT2D eigenvalue weighted by Gasteiger charge is -2.36. The number of aryl methyl sites for hydroxylation is 2. The molecule has 0 aliphatic carbocycles. The summed E-state index contributed by atoms with van der Waals surface area (Å²) in [6.07, 6.45) is 6.83. The first-order valence-electron chi connectivity index (χ1n) is 17.9. The van der Waals surface area contributed by atoms with Crippen molar-refractivity contribution in [2.75, 3.05) is 46.9 Å². The number of fused-ring (bicyclic) bond motifs is 1. The van der Waals surface area contributed by atoms with Crippen LogP contribution in [0.15, 0.2) is 58.5 Å². The topological polar surface area (TPSA) is 121 Å². The smallest absolute Gasteiger partial charge is 0.265 e. The molecule has 2 aromatic carbocycles. The van der Waals surface area contributed by atoms with E-state index in [-0.39, 0.29) is 29.0 Å². The monoisotopic (exact) mass is 734 g/mol. The largest absolute Gasteiger partial charge is 0.496 e. The number of pyridine rings is 1. The minimum absolute atomic E-state index is 0.00973. The zero-order chi connectivity index (χ0) is 37.8. The van der Waals surface area contributed by atoms with Gasteiger partial charge in [0.2, 0.25) is 5.91 Å². The number of hydrogen-bond acceptors (Lipinski definition) is 9. The quantitative estimate of drug-likeness (QED) is 0.155. The predicted octanol–water partition coefficient (Wildman–Crippen LogP) is 5.47. The Bertz CT molecular complexity index is 2120. The Kier molecular flexibility index (Phi) is 11.5. The number of piperazine rings is 1. The van der Waals surface area contributed by atoms with E-state index in [4.69, 9.17) is 9.47 Å². The van der Waals surface area contributed by atoms with E-state index in [2.05, 4.69) is 34.2 Å². The van der Waals surface area contributed by atoms with Crippen molar-refractivity contribution in [3.05, 3.63) is 102 Å². The second-order valence-electron chi connectivity index (χ2n) is 13.7. The maximum atomic E-state index is 13.3. The van der Waals surface area contributed by atoms with Gasteiger partial charge in [-0.25, -0.2) is 4.98 Å². The number of benzene rings is 2. The van der Waals surface area contributed by atoms with Gasteiger partial charge in [-0.2, -0.15) is 5.26 Å². The molecular weight excluding hydrogens is 689 g/mol. The number of rotatable bonds is 10. The van der Waals surface area contributed by atoms with Crippen molar-refractivity contribution in [2.45, 2.75) is 52.6 Å². The molecule has 2 aliphatic heterocycles. The molecule has 0 bridgehead atoms. The van der Waals surface area contributed by atoms with Crippen LogP contribution in [0.3, 0.4) is 0 Å². The van der Waals surface area contributed by atoms with Gasteiger partial charge in [-0.1, -0.05) is 18.2 Å². The first kappa shape index (κ1) is 37.5. The van der Waals surface area contributed by atoms with Crippen LogP contribution >= 0.6 is 11.3 Å². The van der Waals surface area contributed by atoms with Crippen LogP contribution in [0.1, 0.15) is 57.8 Å². The molecule has 1 saturated heterocycles. The fourth-order valence-electron chi connectivity index (χ4n) is 7.40. The zero-order valence-electron chi connectivity index (χ0n) is 31.3. The molecule has 2 aromatic heterocycles. The molecule has 0 N–H and O–H groups in total. The van der Waals surface area contributed by atoms with Crippen molar-refractivity contribution in [3.8, 4) is 28.7 Å². The summed E-state index contributed by atoms with van der Waals surface area (Å²) >= 11 is 1.39. The molecule has 12 heteroatoms. The van der Waals surface area contributed by atoms with E-state index in [1.165, 1.54) is 16.9 Å². The Morgan fingerprint density at radius 2 is 1.75 bits per heavy atom. The number of carbonyl (C=O) groups is 2. The normalized spacial score (nSPS) is 16.2. The minimum atomic E-state index is -0.282. The van der Waals surface area contributed by atoms with Crippen LogP contribution in [0.5, 0.6) is 11.5 Å². The van der Waals surface area contributed by atoms with E-state index in [1.807, 2.05) is 49.4 Å². The molecule has 2 aliphatic rings. The van der Waals surface area contributed by atoms with Crippen molar-refractivity contribution in [3.63, 3.8) is 0 Å². The number of hydrogen-bond donors (Lipinski definition) is 0. The maximum absolute atomic E-state index is 13.3. The zero-order valence-corrected chi connectivity index (χ0v) is 32.1. The molecule has 0 radical (unpaired) electrons. The molecule has 276 valence electrons. The Hall–Kier alpha value is -5.25. The predicted molar refractivity (Wildman–Crippen MR) is 206 cm³/mol. The molecule has 1 fully saturated rings. The highest BCUT2D eigenvalue weighted by atomic mass is 32.1. The lowest BCUT2D eigenvalue weighted by atomic mass is 9.90. The van der Waals surface area contributed by atoms with Crippen molar-refractivity contribution in [2.24, 2.45) is 7.05 Å². The van der Waals surface area contributed by atoms with Gasteiger partial charge >= 0.3 is 0 Å². The number of methoxy groups -OCH3 is 2. The standard InChI is InChI=1S/C41H46N6O5S/c1-26-27(2)40(49)44(4)24-34(26)31-20-36(51-5)35(37(21-31)52-6)25-45-14-16-46(17-15-45)39(48)10-8-29-7-9-33-28(3)47(13-11-30(33)19-29)41(50)32(23-42)22-38-43-12-18-53-38/h7,9,12,18-22,24,28H,8,10-11,13-17,25H2,1-6H3/b32-22+. The van der Waals surface area contributed by atoms with Gasteiger partial charge in [0.15, 0.2) is 0 Å². The van der Waals surface area contributed by atoms with Crippen molar-refractivity contribution in [1.82, 2.24) is 24.3 Å². The molecule has 0 spiro atoms. The van der Waals surface area contributed by atoms with E-state index >= 15 is 0 Å². The number of carbonyl (C=O) groups excluding carboxylic acids is 2. The molecule has 11 nitrogen and oxygen atoms in total. The Balaban J connectivity index is 1.04. The van der Waals surface area contributed by atoms with Crippen molar-refractivity contribution < 1.29 is 19.1 Å². The van der Waals surface area contributed by atoms with Crippen LogP contribution in [0.25, 0.3) is 17.2 Å². The fraction of sp³-hybridized carbons (Fsp3) is 0.390. The molecule has 2 amide bonds. The van der Waals surface area contributed by atoms with Crippen molar-refractivity contribution in [1.29, 1.82) is 5.26 Å². The van der Waals surface area contributed by atoms with Gasteiger partial charge in [0.25, 0.3) is 11.5 Å². The average molecular weight is 735 g/mol. The van der Waals surface area contributed by atoms with Gasteiger partial charge in [-0.3, -0.25) is 19.3 Å². The van der Waals surface area contributed by atoms with Gasteiger partial charge in [0, 0.05) is 81.6 Å². The molecule has 4 aromatic rings. The summed E-state index contributed by atoms with van der Waals surface area (Å²) in [4.78, 5) is 49.3. The van der Waals surface area contributed by atoms with Crippen LogP contribution in [0.4, 0.5) is 0 Å². The Labute approximate surface area is 314 Å². The summed E-state index contributed by atoms with van der Waals surface area (Å²) < 4.78 is 13.3. The summed E-state index contributed by atoms with van der Waals surface area (Å²) in [7, 11) is 5.08. The van der Waals surface area contributed by atoms with Gasteiger partial charge in [0.1, 0.15) is 28.1 Å². The van der Waals surface area contributed by atoms with Crippen LogP contribution < -0.4 is 15.0 Å². The van der Waals surface area contributed by atoms with Crippen LogP contribution in [-0.4, -0.2) is 83.0 Å². The van der Waals surface area contributed by atoms with Crippen LogP contribution in [-0.2, 0) is 36.0 Å². The molecule has 4 heterocycles. The first-order chi connectivity index (χ1) is 25.5. The Morgan fingerprint density at radius 1 is 1.04 bits per heavy atom. The van der Waals surface area contributed by atoms with Gasteiger partial charge in [0.05, 0.1) is 25.8 Å². The van der Waals surface area contributed by atoms with Gasteiger partial charge < -0.3 is 23.8 Å². The Morgan fingerprint density at radius 3 is 2.40 bits per heavy atom. The number of aromatic nitrogens is 2. The molecule has 6 rings (SSSR count). The van der Waals surface area contributed by atoms with E-state index in [0.717, 1.165) is 58.0 Å². The number of nitriles is 1. The minimum Gasteiger partial charge on any atom is -0.496 e. The molecule has 1 unspecified atom stereocenters. The summed E-state index contributed by atoms with van der Waals surface area (Å²) in [6, 6.07) is 12.2. The van der Waals surface area contributed by atoms with Crippen LogP contribution in [0, 0.1) is 25.2 Å². The maximum Gasteiger partial charge on any atom is 0.265 e. The number of nitrogens with zero attached hydrogens (tertiary/aromatic N) is 6. The molecule has 1 atom stereocenters. The highest BCUT2D eigenvalue weighted by Gasteiger charge is 2.30. The molecular formula is C41H46N6O5S. The lowest BCUT2D eigenvalue weighted by Crippen LogP contribution is -2.48. The lowest BCUT2D eigenvalue weighted by molar-refractivity contribution is -0.133. The third-order valence-corrected chi connectivity index (χ3v) is 11.4. The highest BCUT2D eigenvalue weighted by molar-refractivity contribution is 7.10.